The van der Waals surface area contributed by atoms with Gasteiger partial charge in [0.05, 0.1) is 17.4 Å². The molecular formula is C23H27FN4O3. The van der Waals surface area contributed by atoms with Crippen LogP contribution >= 0.6 is 0 Å². The Balaban J connectivity index is 1.50. The maximum atomic E-state index is 13.9. The van der Waals surface area contributed by atoms with Gasteiger partial charge in [0.2, 0.25) is 0 Å². The molecule has 0 radical (unpaired) electrons. The maximum Gasteiger partial charge on any atom is 0.339 e. The van der Waals surface area contributed by atoms with Crippen LogP contribution in [0.15, 0.2) is 36.5 Å². The molecule has 3 heterocycles. The number of hydrogen-bond donors (Lipinski definition) is 2. The van der Waals surface area contributed by atoms with Gasteiger partial charge in [-0.2, -0.15) is 0 Å². The normalized spacial score (nSPS) is 19.4. The van der Waals surface area contributed by atoms with Gasteiger partial charge in [0.1, 0.15) is 17.2 Å². The van der Waals surface area contributed by atoms with E-state index in [2.05, 4.69) is 15.2 Å². The number of benzene rings is 1. The molecule has 8 heteroatoms. The Morgan fingerprint density at radius 2 is 1.90 bits per heavy atom. The van der Waals surface area contributed by atoms with Crippen LogP contribution < -0.4 is 10.2 Å². The van der Waals surface area contributed by atoms with Gasteiger partial charge >= 0.3 is 5.97 Å². The van der Waals surface area contributed by atoms with Crippen molar-refractivity contribution in [2.45, 2.75) is 25.7 Å². The molecule has 7 nitrogen and oxygen atoms in total. The second-order valence-electron chi connectivity index (χ2n) is 8.30. The number of pyridine rings is 1. The van der Waals surface area contributed by atoms with E-state index in [4.69, 9.17) is 0 Å². The summed E-state index contributed by atoms with van der Waals surface area (Å²) in [5.74, 6) is -1.49. The fraction of sp³-hybridized carbons (Fsp3) is 0.435. The van der Waals surface area contributed by atoms with Crippen LogP contribution in [0, 0.1) is 11.7 Å². The Morgan fingerprint density at radius 3 is 2.65 bits per heavy atom. The van der Waals surface area contributed by atoms with E-state index in [9.17, 15) is 19.1 Å². The third kappa shape index (κ3) is 5.02. The van der Waals surface area contributed by atoms with E-state index in [-0.39, 0.29) is 16.8 Å². The van der Waals surface area contributed by atoms with Gasteiger partial charge in [-0.1, -0.05) is 12.1 Å². The van der Waals surface area contributed by atoms with Gasteiger partial charge in [-0.05, 0) is 62.9 Å². The first-order chi connectivity index (χ1) is 15.0. The number of likely N-dealkylation sites (tertiary alicyclic amines) is 1. The first kappa shape index (κ1) is 21.2. The van der Waals surface area contributed by atoms with Crippen molar-refractivity contribution in [3.63, 3.8) is 0 Å². The number of halogens is 1. The lowest BCUT2D eigenvalue weighted by atomic mass is 9.97. The highest BCUT2D eigenvalue weighted by atomic mass is 19.1. The van der Waals surface area contributed by atoms with Crippen molar-refractivity contribution in [3.05, 3.63) is 53.5 Å². The highest BCUT2D eigenvalue weighted by molar-refractivity contribution is 6.05. The van der Waals surface area contributed by atoms with E-state index in [0.29, 0.717) is 11.7 Å². The minimum absolute atomic E-state index is 0.0353. The number of nitrogens with zero attached hydrogens (tertiary/aromatic N) is 3. The van der Waals surface area contributed by atoms with E-state index in [1.165, 1.54) is 43.3 Å². The fourth-order valence-electron chi connectivity index (χ4n) is 4.52. The van der Waals surface area contributed by atoms with Gasteiger partial charge in [0, 0.05) is 19.6 Å². The zero-order valence-electron chi connectivity index (χ0n) is 17.4. The lowest BCUT2D eigenvalue weighted by molar-refractivity contribution is 0.0696. The van der Waals surface area contributed by atoms with E-state index in [0.717, 1.165) is 45.6 Å². The van der Waals surface area contributed by atoms with Crippen LogP contribution in [0.4, 0.5) is 15.9 Å². The monoisotopic (exact) mass is 426 g/mol. The zero-order valence-corrected chi connectivity index (χ0v) is 17.4. The number of carbonyl (C=O) groups excluding carboxylic acids is 1. The summed E-state index contributed by atoms with van der Waals surface area (Å²) in [6.45, 7) is 4.85. The van der Waals surface area contributed by atoms with Gasteiger partial charge in [-0.15, -0.1) is 0 Å². The van der Waals surface area contributed by atoms with Crippen molar-refractivity contribution < 1.29 is 19.1 Å². The van der Waals surface area contributed by atoms with Crippen LogP contribution in [0.3, 0.4) is 0 Å². The van der Waals surface area contributed by atoms with Crippen LogP contribution in [0.1, 0.15) is 46.4 Å². The number of carboxylic acids is 1. The number of amides is 1. The molecule has 0 saturated carbocycles. The molecule has 2 aromatic rings. The number of rotatable bonds is 6. The standard InChI is InChI=1S/C23H27FN4O3/c24-20-8-2-1-7-18(20)22(29)26-17-12-19(23(30)31)21(25-13-17)28-11-5-6-16(15-28)14-27-9-3-4-10-27/h1-2,7-8,12-13,16H,3-6,9-11,14-15H2,(H,26,29)(H,30,31)/t16-/m0/s1. The van der Waals surface area contributed by atoms with Crippen LogP contribution in [0.25, 0.3) is 0 Å². The van der Waals surface area contributed by atoms with E-state index in [1.54, 1.807) is 6.07 Å². The molecule has 1 atom stereocenters. The average Bonchev–Trinajstić information content (AvgIpc) is 3.27. The molecule has 2 N–H and O–H groups in total. The Labute approximate surface area is 180 Å². The molecule has 31 heavy (non-hydrogen) atoms. The van der Waals surface area contributed by atoms with E-state index in [1.807, 2.05) is 4.90 Å². The second kappa shape index (κ2) is 9.43. The molecule has 4 rings (SSSR count). The van der Waals surface area contributed by atoms with Crippen LogP contribution in [-0.4, -0.2) is 59.6 Å². The van der Waals surface area contributed by atoms with Gasteiger partial charge in [0.15, 0.2) is 0 Å². The number of carboxylic acid groups (broad SMARTS) is 1. The van der Waals surface area contributed by atoms with Gasteiger partial charge in [-0.25, -0.2) is 14.2 Å². The molecule has 2 aliphatic heterocycles. The van der Waals surface area contributed by atoms with Gasteiger partial charge < -0.3 is 20.2 Å². The summed E-state index contributed by atoms with van der Waals surface area (Å²) in [5.41, 5.74) is 0.150. The summed E-state index contributed by atoms with van der Waals surface area (Å²) in [4.78, 5) is 33.2. The first-order valence-corrected chi connectivity index (χ1v) is 10.8. The third-order valence-corrected chi connectivity index (χ3v) is 6.01. The molecular weight excluding hydrogens is 399 g/mol. The molecule has 1 aromatic carbocycles. The lowest BCUT2D eigenvalue weighted by Gasteiger charge is -2.36. The Kier molecular flexibility index (Phi) is 6.46. The topological polar surface area (TPSA) is 85.8 Å². The molecule has 0 spiro atoms. The number of anilines is 2. The van der Waals surface area contributed by atoms with Crippen molar-refractivity contribution in [2.75, 3.05) is 42.9 Å². The maximum absolute atomic E-state index is 13.9. The van der Waals surface area contributed by atoms with Crippen LogP contribution in [-0.2, 0) is 0 Å². The molecule has 0 unspecified atom stereocenters. The van der Waals surface area contributed by atoms with E-state index >= 15 is 0 Å². The predicted octanol–water partition coefficient (Wildman–Crippen LogP) is 3.48. The zero-order chi connectivity index (χ0) is 21.8. The van der Waals surface area contributed by atoms with Crippen molar-refractivity contribution in [1.29, 1.82) is 0 Å². The Hall–Kier alpha value is -3.00. The number of hydrogen-bond acceptors (Lipinski definition) is 5. The molecule has 1 aromatic heterocycles. The number of carbonyl (C=O) groups is 2. The second-order valence-corrected chi connectivity index (χ2v) is 8.30. The SMILES string of the molecule is O=C(Nc1cnc(N2CCC[C@@H](CN3CCCC3)C2)c(C(=O)O)c1)c1ccccc1F. The summed E-state index contributed by atoms with van der Waals surface area (Å²) in [6, 6.07) is 7.04. The van der Waals surface area contributed by atoms with Gasteiger partial charge in [-0.3, -0.25) is 4.79 Å². The summed E-state index contributed by atoms with van der Waals surface area (Å²) in [7, 11) is 0. The highest BCUT2D eigenvalue weighted by Gasteiger charge is 2.27. The molecule has 0 bridgehead atoms. The first-order valence-electron chi connectivity index (χ1n) is 10.8. The summed E-state index contributed by atoms with van der Waals surface area (Å²) >= 11 is 0. The van der Waals surface area contributed by atoms with Crippen molar-refractivity contribution in [1.82, 2.24) is 9.88 Å². The lowest BCUT2D eigenvalue weighted by Crippen LogP contribution is -2.41. The summed E-state index contributed by atoms with van der Waals surface area (Å²) in [6.07, 6.45) is 6.06. The van der Waals surface area contributed by atoms with Crippen molar-refractivity contribution in [3.8, 4) is 0 Å². The summed E-state index contributed by atoms with van der Waals surface area (Å²) in [5, 5.41) is 12.3. The quantitative estimate of drug-likeness (QED) is 0.736. The average molecular weight is 426 g/mol. The van der Waals surface area contributed by atoms with Crippen molar-refractivity contribution >= 4 is 23.4 Å². The smallest absolute Gasteiger partial charge is 0.339 e. The van der Waals surface area contributed by atoms with E-state index < -0.39 is 17.7 Å². The molecule has 2 aliphatic rings. The third-order valence-electron chi connectivity index (χ3n) is 6.01. The molecule has 2 saturated heterocycles. The minimum Gasteiger partial charge on any atom is -0.478 e. The minimum atomic E-state index is -1.11. The largest absolute Gasteiger partial charge is 0.478 e. The number of piperidine rings is 1. The van der Waals surface area contributed by atoms with Crippen molar-refractivity contribution in [2.24, 2.45) is 5.92 Å². The summed E-state index contributed by atoms with van der Waals surface area (Å²) < 4.78 is 13.9. The predicted molar refractivity (Wildman–Crippen MR) is 116 cm³/mol. The van der Waals surface area contributed by atoms with Crippen LogP contribution in [0.5, 0.6) is 0 Å². The number of nitrogens with one attached hydrogen (secondary N) is 1. The number of aromatic carboxylic acids is 1. The van der Waals surface area contributed by atoms with Gasteiger partial charge in [0.25, 0.3) is 5.91 Å². The molecule has 2 fully saturated rings. The van der Waals surface area contributed by atoms with Crippen LogP contribution in [0.2, 0.25) is 0 Å². The highest BCUT2D eigenvalue weighted by Crippen LogP contribution is 2.28. The Bertz CT molecular complexity index is 962. The molecule has 164 valence electrons. The molecule has 1 amide bonds. The fourth-order valence-corrected chi connectivity index (χ4v) is 4.52. The molecule has 0 aliphatic carbocycles. The number of aromatic nitrogens is 1. The Morgan fingerprint density at radius 1 is 1.13 bits per heavy atom.